The maximum absolute atomic E-state index is 4.10. The van der Waals surface area contributed by atoms with Crippen LogP contribution in [0.3, 0.4) is 0 Å². The zero-order chi connectivity index (χ0) is 8.60. The summed E-state index contributed by atoms with van der Waals surface area (Å²) >= 11 is 0. The quantitative estimate of drug-likeness (QED) is 0.721. The maximum atomic E-state index is 4.10. The second kappa shape index (κ2) is 2.44. The lowest BCUT2D eigenvalue weighted by atomic mass is 10.2. The molecule has 0 amide bonds. The SMILES string of the molecule is CC1(C)CC1Nc1ncccn1. The summed E-state index contributed by atoms with van der Waals surface area (Å²) in [5, 5.41) is 3.28. The molecule has 0 radical (unpaired) electrons. The van der Waals surface area contributed by atoms with Gasteiger partial charge in [0.05, 0.1) is 0 Å². The van der Waals surface area contributed by atoms with Crippen molar-refractivity contribution in [2.75, 3.05) is 5.32 Å². The Morgan fingerprint density at radius 3 is 2.50 bits per heavy atom. The molecule has 64 valence electrons. The van der Waals surface area contributed by atoms with E-state index in [1.54, 1.807) is 12.4 Å². The highest BCUT2D eigenvalue weighted by molar-refractivity contribution is 5.29. The molecule has 0 aromatic carbocycles. The molecule has 1 saturated carbocycles. The van der Waals surface area contributed by atoms with Gasteiger partial charge in [0, 0.05) is 18.4 Å². The van der Waals surface area contributed by atoms with Gasteiger partial charge in [-0.05, 0) is 17.9 Å². The van der Waals surface area contributed by atoms with E-state index < -0.39 is 0 Å². The smallest absolute Gasteiger partial charge is 0.222 e. The summed E-state index contributed by atoms with van der Waals surface area (Å²) in [6.07, 6.45) is 4.72. The molecule has 2 rings (SSSR count). The molecule has 1 aromatic rings. The molecule has 0 bridgehead atoms. The molecular weight excluding hydrogens is 150 g/mol. The average molecular weight is 163 g/mol. The number of anilines is 1. The Labute approximate surface area is 72.2 Å². The fourth-order valence-corrected chi connectivity index (χ4v) is 1.24. The molecule has 1 aliphatic rings. The van der Waals surface area contributed by atoms with Crippen LogP contribution in [0.25, 0.3) is 0 Å². The molecule has 0 saturated heterocycles. The zero-order valence-electron chi connectivity index (χ0n) is 7.41. The highest BCUT2D eigenvalue weighted by Gasteiger charge is 2.45. The van der Waals surface area contributed by atoms with E-state index in [4.69, 9.17) is 0 Å². The molecule has 1 aliphatic carbocycles. The van der Waals surface area contributed by atoms with Crippen LogP contribution in [0.2, 0.25) is 0 Å². The largest absolute Gasteiger partial charge is 0.351 e. The second-order valence-electron chi connectivity index (χ2n) is 3.96. The van der Waals surface area contributed by atoms with Crippen LogP contribution in [0.5, 0.6) is 0 Å². The number of hydrogen-bond donors (Lipinski definition) is 1. The van der Waals surface area contributed by atoms with Crippen molar-refractivity contribution in [3.8, 4) is 0 Å². The Morgan fingerprint density at radius 1 is 1.42 bits per heavy atom. The summed E-state index contributed by atoms with van der Waals surface area (Å²) in [7, 11) is 0. The van der Waals surface area contributed by atoms with E-state index in [1.807, 2.05) is 6.07 Å². The van der Waals surface area contributed by atoms with Gasteiger partial charge in [0.2, 0.25) is 5.95 Å². The Bertz CT molecular complexity index is 268. The van der Waals surface area contributed by atoms with Crippen LogP contribution in [0, 0.1) is 5.41 Å². The van der Waals surface area contributed by atoms with Crippen LogP contribution in [0.15, 0.2) is 18.5 Å². The average Bonchev–Trinajstić information content (AvgIpc) is 2.61. The third-order valence-corrected chi connectivity index (χ3v) is 2.38. The van der Waals surface area contributed by atoms with Crippen molar-refractivity contribution in [2.45, 2.75) is 26.3 Å². The topological polar surface area (TPSA) is 37.8 Å². The molecule has 1 unspecified atom stereocenters. The fourth-order valence-electron chi connectivity index (χ4n) is 1.24. The highest BCUT2D eigenvalue weighted by atomic mass is 15.1. The van der Waals surface area contributed by atoms with Gasteiger partial charge in [0.1, 0.15) is 0 Å². The molecule has 1 aromatic heterocycles. The minimum Gasteiger partial charge on any atom is -0.351 e. The van der Waals surface area contributed by atoms with E-state index in [0.29, 0.717) is 11.5 Å². The van der Waals surface area contributed by atoms with E-state index in [2.05, 4.69) is 29.1 Å². The van der Waals surface area contributed by atoms with Gasteiger partial charge in [0.15, 0.2) is 0 Å². The monoisotopic (exact) mass is 163 g/mol. The van der Waals surface area contributed by atoms with Crippen LogP contribution in [0.4, 0.5) is 5.95 Å². The number of aromatic nitrogens is 2. The van der Waals surface area contributed by atoms with Gasteiger partial charge in [-0.2, -0.15) is 0 Å². The molecule has 1 N–H and O–H groups in total. The van der Waals surface area contributed by atoms with E-state index in [9.17, 15) is 0 Å². The Kier molecular flexibility index (Phi) is 1.53. The Hall–Kier alpha value is -1.12. The first-order valence-corrected chi connectivity index (χ1v) is 4.22. The van der Waals surface area contributed by atoms with Gasteiger partial charge in [0.25, 0.3) is 0 Å². The predicted molar refractivity (Wildman–Crippen MR) is 47.8 cm³/mol. The molecule has 1 fully saturated rings. The minimum absolute atomic E-state index is 0.430. The summed E-state index contributed by atoms with van der Waals surface area (Å²) in [5.74, 6) is 0.744. The fraction of sp³-hybridized carbons (Fsp3) is 0.556. The van der Waals surface area contributed by atoms with Crippen molar-refractivity contribution in [2.24, 2.45) is 5.41 Å². The Morgan fingerprint density at radius 2 is 2.00 bits per heavy atom. The first-order chi connectivity index (χ1) is 5.68. The summed E-state index contributed by atoms with van der Waals surface area (Å²) < 4.78 is 0. The van der Waals surface area contributed by atoms with Crippen LogP contribution in [0.1, 0.15) is 20.3 Å². The van der Waals surface area contributed by atoms with E-state index in [-0.39, 0.29) is 0 Å². The standard InChI is InChI=1S/C9H13N3/c1-9(2)6-7(9)12-8-10-4-3-5-11-8/h3-5,7H,6H2,1-2H3,(H,10,11,12). The summed E-state index contributed by atoms with van der Waals surface area (Å²) in [4.78, 5) is 8.20. The van der Waals surface area contributed by atoms with Gasteiger partial charge in [-0.3, -0.25) is 0 Å². The molecule has 3 heteroatoms. The van der Waals surface area contributed by atoms with Gasteiger partial charge >= 0.3 is 0 Å². The summed E-state index contributed by atoms with van der Waals surface area (Å²) in [5.41, 5.74) is 0.430. The molecule has 0 aliphatic heterocycles. The van der Waals surface area contributed by atoms with Crippen molar-refractivity contribution in [3.63, 3.8) is 0 Å². The molecule has 12 heavy (non-hydrogen) atoms. The van der Waals surface area contributed by atoms with Crippen LogP contribution >= 0.6 is 0 Å². The van der Waals surface area contributed by atoms with Gasteiger partial charge in [-0.1, -0.05) is 13.8 Å². The van der Waals surface area contributed by atoms with Crippen LogP contribution < -0.4 is 5.32 Å². The third-order valence-electron chi connectivity index (χ3n) is 2.38. The van der Waals surface area contributed by atoms with Gasteiger partial charge in [-0.15, -0.1) is 0 Å². The summed E-state index contributed by atoms with van der Waals surface area (Å²) in [6, 6.07) is 2.38. The van der Waals surface area contributed by atoms with Crippen molar-refractivity contribution >= 4 is 5.95 Å². The molecular formula is C9H13N3. The highest BCUT2D eigenvalue weighted by Crippen LogP contribution is 2.46. The van der Waals surface area contributed by atoms with E-state index >= 15 is 0 Å². The maximum Gasteiger partial charge on any atom is 0.222 e. The lowest BCUT2D eigenvalue weighted by Gasteiger charge is -2.04. The normalized spacial score (nSPS) is 25.0. The number of nitrogens with one attached hydrogen (secondary N) is 1. The molecule has 3 nitrogen and oxygen atoms in total. The minimum atomic E-state index is 0.430. The number of rotatable bonds is 2. The Balaban J connectivity index is 1.98. The van der Waals surface area contributed by atoms with Crippen molar-refractivity contribution in [3.05, 3.63) is 18.5 Å². The van der Waals surface area contributed by atoms with Crippen molar-refractivity contribution in [1.29, 1.82) is 0 Å². The van der Waals surface area contributed by atoms with Gasteiger partial charge < -0.3 is 5.32 Å². The number of hydrogen-bond acceptors (Lipinski definition) is 3. The lowest BCUT2D eigenvalue weighted by molar-refractivity contribution is 0.629. The molecule has 1 heterocycles. The second-order valence-corrected chi connectivity index (χ2v) is 3.96. The molecule has 0 spiro atoms. The predicted octanol–water partition coefficient (Wildman–Crippen LogP) is 1.69. The first kappa shape index (κ1) is 7.53. The molecule has 1 atom stereocenters. The number of nitrogens with zero attached hydrogens (tertiary/aromatic N) is 2. The lowest BCUT2D eigenvalue weighted by Crippen LogP contribution is -2.10. The van der Waals surface area contributed by atoms with Crippen molar-refractivity contribution < 1.29 is 0 Å². The van der Waals surface area contributed by atoms with Crippen LogP contribution in [-0.4, -0.2) is 16.0 Å². The summed E-state index contributed by atoms with van der Waals surface area (Å²) in [6.45, 7) is 4.49. The van der Waals surface area contributed by atoms with Crippen molar-refractivity contribution in [1.82, 2.24) is 9.97 Å². The zero-order valence-corrected chi connectivity index (χ0v) is 7.41. The van der Waals surface area contributed by atoms with Gasteiger partial charge in [-0.25, -0.2) is 9.97 Å². The van der Waals surface area contributed by atoms with E-state index in [1.165, 1.54) is 6.42 Å². The third kappa shape index (κ3) is 1.40. The van der Waals surface area contributed by atoms with E-state index in [0.717, 1.165) is 5.95 Å². The van der Waals surface area contributed by atoms with Crippen LogP contribution in [-0.2, 0) is 0 Å². The first-order valence-electron chi connectivity index (χ1n) is 4.22.